The van der Waals surface area contributed by atoms with E-state index in [2.05, 4.69) is 0 Å². The largest absolute Gasteiger partial charge is 0.496 e. The Balaban J connectivity index is 2.65. The van der Waals surface area contributed by atoms with E-state index < -0.39 is 0 Å². The fourth-order valence-corrected chi connectivity index (χ4v) is 1.37. The van der Waals surface area contributed by atoms with Crippen LogP contribution in [0.5, 0.6) is 5.75 Å². The van der Waals surface area contributed by atoms with Gasteiger partial charge in [0.15, 0.2) is 0 Å². The molecule has 0 atom stereocenters. The Hall–Kier alpha value is -1.55. The van der Waals surface area contributed by atoms with Crippen LogP contribution in [-0.2, 0) is 16.1 Å². The van der Waals surface area contributed by atoms with Crippen molar-refractivity contribution in [3.05, 3.63) is 29.3 Å². The van der Waals surface area contributed by atoms with Crippen molar-refractivity contribution < 1.29 is 14.3 Å². The Morgan fingerprint density at radius 3 is 2.81 bits per heavy atom. The molecule has 0 aliphatic rings. The lowest BCUT2D eigenvalue weighted by atomic mass is 10.1. The molecule has 0 aromatic heterocycles. The maximum absolute atomic E-state index is 11.2. The van der Waals surface area contributed by atoms with Crippen molar-refractivity contribution in [2.24, 2.45) is 5.73 Å². The molecular formula is C12H17NO3. The topological polar surface area (TPSA) is 61.5 Å². The van der Waals surface area contributed by atoms with Crippen LogP contribution in [0.15, 0.2) is 18.2 Å². The maximum Gasteiger partial charge on any atom is 0.307 e. The summed E-state index contributed by atoms with van der Waals surface area (Å²) in [6.07, 6.45) is 0.244. The van der Waals surface area contributed by atoms with Gasteiger partial charge in [0.05, 0.1) is 13.5 Å². The van der Waals surface area contributed by atoms with Crippen molar-refractivity contribution >= 4 is 5.97 Å². The van der Waals surface area contributed by atoms with Crippen molar-refractivity contribution in [1.82, 2.24) is 0 Å². The number of ether oxygens (including phenoxy) is 2. The molecule has 0 bridgehead atoms. The highest BCUT2D eigenvalue weighted by Crippen LogP contribution is 2.20. The van der Waals surface area contributed by atoms with E-state index in [1.807, 2.05) is 25.1 Å². The van der Waals surface area contributed by atoms with E-state index in [0.29, 0.717) is 6.54 Å². The van der Waals surface area contributed by atoms with Crippen LogP contribution < -0.4 is 10.5 Å². The summed E-state index contributed by atoms with van der Waals surface area (Å²) in [6.45, 7) is 2.51. The van der Waals surface area contributed by atoms with Gasteiger partial charge in [-0.1, -0.05) is 11.6 Å². The van der Waals surface area contributed by atoms with Gasteiger partial charge in [-0.2, -0.15) is 0 Å². The minimum atomic E-state index is -0.286. The van der Waals surface area contributed by atoms with E-state index in [0.717, 1.165) is 16.9 Å². The molecule has 0 radical (unpaired) electrons. The first-order chi connectivity index (χ1) is 7.67. The van der Waals surface area contributed by atoms with Crippen molar-refractivity contribution in [1.29, 1.82) is 0 Å². The highest BCUT2D eigenvalue weighted by Gasteiger charge is 2.06. The Morgan fingerprint density at radius 1 is 1.44 bits per heavy atom. The maximum atomic E-state index is 11.2. The average molecular weight is 223 g/mol. The molecule has 0 aliphatic carbocycles. The van der Waals surface area contributed by atoms with E-state index in [1.165, 1.54) is 0 Å². The van der Waals surface area contributed by atoms with Crippen molar-refractivity contribution in [3.63, 3.8) is 0 Å². The van der Waals surface area contributed by atoms with Gasteiger partial charge in [0.25, 0.3) is 0 Å². The standard InChI is InChI=1S/C12H17NO3/c1-9-3-4-11(15-2)10(7-9)8-16-12(14)5-6-13/h3-4,7H,5-6,8,13H2,1-2H3. The fourth-order valence-electron chi connectivity index (χ4n) is 1.37. The second kappa shape index (κ2) is 6.12. The molecule has 2 N–H and O–H groups in total. The number of carbonyl (C=O) groups excluding carboxylic acids is 1. The average Bonchev–Trinajstić information content (AvgIpc) is 2.27. The molecule has 0 aliphatic heterocycles. The van der Waals surface area contributed by atoms with Crippen LogP contribution in [0.2, 0.25) is 0 Å². The lowest BCUT2D eigenvalue weighted by Crippen LogP contribution is -2.11. The lowest BCUT2D eigenvalue weighted by Gasteiger charge is -2.09. The van der Waals surface area contributed by atoms with Gasteiger partial charge in [-0.25, -0.2) is 0 Å². The normalized spacial score (nSPS) is 9.94. The molecule has 1 rings (SSSR count). The van der Waals surface area contributed by atoms with Crippen LogP contribution in [0.25, 0.3) is 0 Å². The minimum absolute atomic E-state index is 0.226. The molecule has 4 nitrogen and oxygen atoms in total. The van der Waals surface area contributed by atoms with Gasteiger partial charge in [-0.15, -0.1) is 0 Å². The number of hydrogen-bond acceptors (Lipinski definition) is 4. The number of nitrogens with two attached hydrogens (primary N) is 1. The second-order valence-corrected chi connectivity index (χ2v) is 3.51. The first kappa shape index (κ1) is 12.5. The van der Waals surface area contributed by atoms with Crippen LogP contribution in [-0.4, -0.2) is 19.6 Å². The van der Waals surface area contributed by atoms with Gasteiger partial charge < -0.3 is 15.2 Å². The number of rotatable bonds is 5. The third-order valence-electron chi connectivity index (χ3n) is 2.17. The Bertz CT molecular complexity index is 363. The Kier molecular flexibility index (Phi) is 4.79. The molecule has 0 saturated heterocycles. The van der Waals surface area contributed by atoms with Crippen molar-refractivity contribution in [3.8, 4) is 5.75 Å². The number of hydrogen-bond donors (Lipinski definition) is 1. The summed E-state index contributed by atoms with van der Waals surface area (Å²) in [4.78, 5) is 11.2. The summed E-state index contributed by atoms with van der Waals surface area (Å²) in [5.74, 6) is 0.442. The molecule has 4 heteroatoms. The minimum Gasteiger partial charge on any atom is -0.496 e. The van der Waals surface area contributed by atoms with Crippen molar-refractivity contribution in [2.45, 2.75) is 20.0 Å². The predicted octanol–water partition coefficient (Wildman–Crippen LogP) is 1.40. The van der Waals surface area contributed by atoms with Crippen LogP contribution in [0.4, 0.5) is 0 Å². The van der Waals surface area contributed by atoms with E-state index in [-0.39, 0.29) is 19.0 Å². The van der Waals surface area contributed by atoms with Gasteiger partial charge in [-0.05, 0) is 19.1 Å². The molecule has 1 aromatic carbocycles. The molecule has 1 aromatic rings. The summed E-state index contributed by atoms with van der Waals surface area (Å²) in [6, 6.07) is 5.75. The SMILES string of the molecule is COc1ccc(C)cc1COC(=O)CCN. The van der Waals surface area contributed by atoms with Gasteiger partial charge in [0, 0.05) is 12.1 Å². The number of benzene rings is 1. The molecule has 0 amide bonds. The molecule has 0 fully saturated rings. The smallest absolute Gasteiger partial charge is 0.307 e. The first-order valence-corrected chi connectivity index (χ1v) is 5.16. The highest BCUT2D eigenvalue weighted by atomic mass is 16.5. The number of carbonyl (C=O) groups is 1. The van der Waals surface area contributed by atoms with Crippen molar-refractivity contribution in [2.75, 3.05) is 13.7 Å². The lowest BCUT2D eigenvalue weighted by molar-refractivity contribution is -0.144. The highest BCUT2D eigenvalue weighted by molar-refractivity contribution is 5.69. The summed E-state index contributed by atoms with van der Waals surface area (Å²) in [5, 5.41) is 0. The summed E-state index contributed by atoms with van der Waals surface area (Å²) in [5.41, 5.74) is 7.22. The molecule has 16 heavy (non-hydrogen) atoms. The van der Waals surface area contributed by atoms with Crippen LogP contribution in [0.1, 0.15) is 17.5 Å². The monoisotopic (exact) mass is 223 g/mol. The summed E-state index contributed by atoms with van der Waals surface area (Å²) >= 11 is 0. The third-order valence-corrected chi connectivity index (χ3v) is 2.17. The zero-order chi connectivity index (χ0) is 12.0. The van der Waals surface area contributed by atoms with Gasteiger partial charge in [0.1, 0.15) is 12.4 Å². The van der Waals surface area contributed by atoms with E-state index in [4.69, 9.17) is 15.2 Å². The van der Waals surface area contributed by atoms with Crippen LogP contribution in [0.3, 0.4) is 0 Å². The fraction of sp³-hybridized carbons (Fsp3) is 0.417. The zero-order valence-corrected chi connectivity index (χ0v) is 9.66. The van der Waals surface area contributed by atoms with E-state index >= 15 is 0 Å². The molecule has 0 unspecified atom stereocenters. The third kappa shape index (κ3) is 3.55. The Labute approximate surface area is 95.3 Å². The Morgan fingerprint density at radius 2 is 2.19 bits per heavy atom. The van der Waals surface area contributed by atoms with Crippen LogP contribution >= 0.6 is 0 Å². The first-order valence-electron chi connectivity index (χ1n) is 5.16. The number of methoxy groups -OCH3 is 1. The van der Waals surface area contributed by atoms with Crippen LogP contribution in [0, 0.1) is 6.92 Å². The molecular weight excluding hydrogens is 206 g/mol. The van der Waals surface area contributed by atoms with Gasteiger partial charge in [-0.3, -0.25) is 4.79 Å². The second-order valence-electron chi connectivity index (χ2n) is 3.51. The number of aryl methyl sites for hydroxylation is 1. The van der Waals surface area contributed by atoms with Gasteiger partial charge in [0.2, 0.25) is 0 Å². The summed E-state index contributed by atoms with van der Waals surface area (Å²) in [7, 11) is 1.59. The summed E-state index contributed by atoms with van der Waals surface area (Å²) < 4.78 is 10.2. The molecule has 88 valence electrons. The molecule has 0 spiro atoms. The van der Waals surface area contributed by atoms with E-state index in [9.17, 15) is 4.79 Å². The predicted molar refractivity (Wildman–Crippen MR) is 61.2 cm³/mol. The van der Waals surface area contributed by atoms with Gasteiger partial charge >= 0.3 is 5.97 Å². The van der Waals surface area contributed by atoms with E-state index in [1.54, 1.807) is 7.11 Å². The molecule has 0 saturated carbocycles. The zero-order valence-electron chi connectivity index (χ0n) is 9.66. The number of esters is 1. The molecule has 0 heterocycles. The quantitative estimate of drug-likeness (QED) is 0.766.